The maximum atomic E-state index is 12.3. The van der Waals surface area contributed by atoms with Gasteiger partial charge in [0.1, 0.15) is 16.8 Å². The first kappa shape index (κ1) is 13.5. The summed E-state index contributed by atoms with van der Waals surface area (Å²) in [5.41, 5.74) is 3.84. The van der Waals surface area contributed by atoms with E-state index in [2.05, 4.69) is 14.1 Å². The fourth-order valence-electron chi connectivity index (χ4n) is 2.02. The van der Waals surface area contributed by atoms with Crippen LogP contribution in [0.5, 0.6) is 5.75 Å². The van der Waals surface area contributed by atoms with Crippen LogP contribution in [-0.4, -0.2) is 21.8 Å². The summed E-state index contributed by atoms with van der Waals surface area (Å²) in [6.45, 7) is 1.93. The molecule has 0 spiro atoms. The molecule has 3 rings (SSSR count). The van der Waals surface area contributed by atoms with E-state index in [-0.39, 0.29) is 5.91 Å². The normalized spacial score (nSPS) is 10.6. The molecule has 0 bridgehead atoms. The van der Waals surface area contributed by atoms with Crippen LogP contribution in [0.15, 0.2) is 36.4 Å². The molecule has 0 aliphatic rings. The first-order chi connectivity index (χ1) is 10.2. The Morgan fingerprint density at radius 2 is 1.95 bits per heavy atom. The molecule has 106 valence electrons. The first-order valence-corrected chi connectivity index (χ1v) is 7.09. The highest BCUT2D eigenvalue weighted by atomic mass is 32.1. The van der Waals surface area contributed by atoms with Gasteiger partial charge in [-0.15, -0.1) is 0 Å². The van der Waals surface area contributed by atoms with Gasteiger partial charge in [-0.05, 0) is 42.8 Å². The Morgan fingerprint density at radius 3 is 2.76 bits per heavy atom. The molecule has 1 amide bonds. The van der Waals surface area contributed by atoms with Gasteiger partial charge in [-0.1, -0.05) is 6.07 Å². The standard InChI is InChI=1S/C15H13N3O2S/c1-9-3-4-10(7-14(9)20-2)15(19)16-11-5-6-12-13(8-11)18-21-17-12/h3-8H,1-2H3,(H,16,19). The van der Waals surface area contributed by atoms with Crippen molar-refractivity contribution in [1.29, 1.82) is 0 Å². The van der Waals surface area contributed by atoms with Gasteiger partial charge >= 0.3 is 0 Å². The number of rotatable bonds is 3. The maximum Gasteiger partial charge on any atom is 0.255 e. The Hall–Kier alpha value is -2.47. The van der Waals surface area contributed by atoms with Crippen LogP contribution in [0, 0.1) is 6.92 Å². The molecule has 21 heavy (non-hydrogen) atoms. The van der Waals surface area contributed by atoms with Gasteiger partial charge in [0.05, 0.1) is 18.8 Å². The van der Waals surface area contributed by atoms with Gasteiger partial charge in [0.15, 0.2) is 0 Å². The van der Waals surface area contributed by atoms with E-state index >= 15 is 0 Å². The third-order valence-electron chi connectivity index (χ3n) is 3.18. The van der Waals surface area contributed by atoms with E-state index in [1.165, 1.54) is 0 Å². The van der Waals surface area contributed by atoms with E-state index in [0.29, 0.717) is 17.0 Å². The SMILES string of the molecule is COc1cc(C(=O)Nc2ccc3nsnc3c2)ccc1C. The zero-order chi connectivity index (χ0) is 14.8. The summed E-state index contributed by atoms with van der Waals surface area (Å²) in [5, 5.41) is 2.85. The highest BCUT2D eigenvalue weighted by molar-refractivity contribution is 7.00. The average Bonchev–Trinajstić information content (AvgIpc) is 2.95. The van der Waals surface area contributed by atoms with Crippen molar-refractivity contribution < 1.29 is 9.53 Å². The Labute approximate surface area is 125 Å². The predicted molar refractivity (Wildman–Crippen MR) is 83.1 cm³/mol. The Kier molecular flexibility index (Phi) is 3.53. The van der Waals surface area contributed by atoms with Crippen LogP contribution in [0.25, 0.3) is 11.0 Å². The molecule has 0 saturated carbocycles. The molecule has 0 fully saturated rings. The second-order valence-electron chi connectivity index (χ2n) is 4.61. The second kappa shape index (κ2) is 5.49. The van der Waals surface area contributed by atoms with Gasteiger partial charge in [-0.2, -0.15) is 8.75 Å². The van der Waals surface area contributed by atoms with Gasteiger partial charge in [-0.3, -0.25) is 4.79 Å². The number of methoxy groups -OCH3 is 1. The molecule has 2 aromatic carbocycles. The average molecular weight is 299 g/mol. The molecule has 5 nitrogen and oxygen atoms in total. The van der Waals surface area contributed by atoms with Crippen molar-refractivity contribution in [2.24, 2.45) is 0 Å². The van der Waals surface area contributed by atoms with Crippen LogP contribution >= 0.6 is 11.7 Å². The molecule has 1 aromatic heterocycles. The van der Waals surface area contributed by atoms with Gasteiger partial charge < -0.3 is 10.1 Å². The lowest BCUT2D eigenvalue weighted by atomic mass is 10.1. The number of aryl methyl sites for hydroxylation is 1. The summed E-state index contributed by atoms with van der Waals surface area (Å²) in [5.74, 6) is 0.512. The molecule has 3 aromatic rings. The number of anilines is 1. The molecule has 6 heteroatoms. The van der Waals surface area contributed by atoms with Crippen LogP contribution in [0.2, 0.25) is 0 Å². The van der Waals surface area contributed by atoms with E-state index < -0.39 is 0 Å². The molecule has 0 aliphatic carbocycles. The zero-order valence-electron chi connectivity index (χ0n) is 11.6. The van der Waals surface area contributed by atoms with Crippen LogP contribution in [0.1, 0.15) is 15.9 Å². The highest BCUT2D eigenvalue weighted by Crippen LogP contribution is 2.21. The van der Waals surface area contributed by atoms with Gasteiger partial charge in [0.2, 0.25) is 0 Å². The van der Waals surface area contributed by atoms with E-state index in [0.717, 1.165) is 28.3 Å². The van der Waals surface area contributed by atoms with Gasteiger partial charge in [0, 0.05) is 11.3 Å². The minimum Gasteiger partial charge on any atom is -0.496 e. The summed E-state index contributed by atoms with van der Waals surface area (Å²) < 4.78 is 13.5. The number of aromatic nitrogens is 2. The number of nitrogens with zero attached hydrogens (tertiary/aromatic N) is 2. The summed E-state index contributed by atoms with van der Waals surface area (Å²) in [6.07, 6.45) is 0. The number of ether oxygens (including phenoxy) is 1. The first-order valence-electron chi connectivity index (χ1n) is 6.35. The van der Waals surface area contributed by atoms with Crippen molar-refractivity contribution in [3.63, 3.8) is 0 Å². The smallest absolute Gasteiger partial charge is 0.255 e. The minimum absolute atomic E-state index is 0.184. The molecule has 1 N–H and O–H groups in total. The van der Waals surface area contributed by atoms with Crippen molar-refractivity contribution in [1.82, 2.24) is 8.75 Å². The topological polar surface area (TPSA) is 64.1 Å². The lowest BCUT2D eigenvalue weighted by molar-refractivity contribution is 0.102. The number of fused-ring (bicyclic) bond motifs is 1. The molecule has 0 atom stereocenters. The van der Waals surface area contributed by atoms with Crippen LogP contribution in [-0.2, 0) is 0 Å². The molecular weight excluding hydrogens is 286 g/mol. The lowest BCUT2D eigenvalue weighted by Gasteiger charge is -2.08. The predicted octanol–water partition coefficient (Wildman–Crippen LogP) is 3.26. The Morgan fingerprint density at radius 1 is 1.14 bits per heavy atom. The fourth-order valence-corrected chi connectivity index (χ4v) is 2.54. The third-order valence-corrected chi connectivity index (χ3v) is 3.74. The molecule has 0 radical (unpaired) electrons. The number of nitrogens with one attached hydrogen (secondary N) is 1. The molecule has 0 aliphatic heterocycles. The van der Waals surface area contributed by atoms with Crippen molar-refractivity contribution in [3.05, 3.63) is 47.5 Å². The zero-order valence-corrected chi connectivity index (χ0v) is 12.4. The molecular formula is C15H13N3O2S. The molecule has 0 saturated heterocycles. The highest BCUT2D eigenvalue weighted by Gasteiger charge is 2.09. The fraction of sp³-hybridized carbons (Fsp3) is 0.133. The number of carbonyl (C=O) groups excluding carboxylic acids is 1. The van der Waals surface area contributed by atoms with Crippen LogP contribution in [0.4, 0.5) is 5.69 Å². The molecule has 1 heterocycles. The number of carbonyl (C=O) groups is 1. The van der Waals surface area contributed by atoms with Crippen LogP contribution < -0.4 is 10.1 Å². The van der Waals surface area contributed by atoms with Gasteiger partial charge in [0.25, 0.3) is 5.91 Å². The van der Waals surface area contributed by atoms with E-state index in [4.69, 9.17) is 4.74 Å². The largest absolute Gasteiger partial charge is 0.496 e. The lowest BCUT2D eigenvalue weighted by Crippen LogP contribution is -2.12. The monoisotopic (exact) mass is 299 g/mol. The Balaban J connectivity index is 1.85. The number of amides is 1. The summed E-state index contributed by atoms with van der Waals surface area (Å²) in [6, 6.07) is 10.8. The maximum absolute atomic E-state index is 12.3. The Bertz CT molecular complexity index is 814. The quantitative estimate of drug-likeness (QED) is 0.806. The van der Waals surface area contributed by atoms with Gasteiger partial charge in [-0.25, -0.2) is 0 Å². The second-order valence-corrected chi connectivity index (χ2v) is 5.13. The summed E-state index contributed by atoms with van der Waals surface area (Å²) >= 11 is 1.15. The summed E-state index contributed by atoms with van der Waals surface area (Å²) in [4.78, 5) is 12.3. The summed E-state index contributed by atoms with van der Waals surface area (Å²) in [7, 11) is 1.59. The van der Waals surface area contributed by atoms with Crippen molar-refractivity contribution in [2.45, 2.75) is 6.92 Å². The van der Waals surface area contributed by atoms with E-state index in [1.807, 2.05) is 31.2 Å². The minimum atomic E-state index is -0.184. The number of hydrogen-bond donors (Lipinski definition) is 1. The van der Waals surface area contributed by atoms with Crippen molar-refractivity contribution >= 4 is 34.4 Å². The van der Waals surface area contributed by atoms with Crippen molar-refractivity contribution in [3.8, 4) is 5.75 Å². The van der Waals surface area contributed by atoms with E-state index in [1.54, 1.807) is 19.2 Å². The number of hydrogen-bond acceptors (Lipinski definition) is 5. The van der Waals surface area contributed by atoms with E-state index in [9.17, 15) is 4.79 Å². The molecule has 0 unspecified atom stereocenters. The van der Waals surface area contributed by atoms with Crippen LogP contribution in [0.3, 0.4) is 0 Å². The number of benzene rings is 2. The third kappa shape index (κ3) is 2.71. The van der Waals surface area contributed by atoms with Crippen molar-refractivity contribution in [2.75, 3.05) is 12.4 Å².